The number of halogens is 1. The number of amidine groups is 1. The molecule has 0 bridgehead atoms. The summed E-state index contributed by atoms with van der Waals surface area (Å²) in [5.74, 6) is 0.453. The number of aliphatic hydroxyl groups is 1. The molecule has 130 valence electrons. The molecular weight excluding hydrogens is 307 g/mol. The molecule has 5 nitrogen and oxygen atoms in total. The molecular formula is C18H25FN4O. The van der Waals surface area contributed by atoms with Gasteiger partial charge in [0.05, 0.1) is 12.1 Å². The maximum absolute atomic E-state index is 14.0. The Morgan fingerprint density at radius 2 is 2.25 bits per heavy atom. The summed E-state index contributed by atoms with van der Waals surface area (Å²) in [5.41, 5.74) is 7.19. The molecule has 1 aliphatic carbocycles. The molecule has 0 aromatic heterocycles. The van der Waals surface area contributed by atoms with Gasteiger partial charge in [0.25, 0.3) is 0 Å². The monoisotopic (exact) mass is 332 g/mol. The number of aliphatic hydroxyl groups excluding tert-OH is 1. The van der Waals surface area contributed by atoms with E-state index in [4.69, 9.17) is 5.73 Å². The van der Waals surface area contributed by atoms with Gasteiger partial charge in [-0.15, -0.1) is 0 Å². The van der Waals surface area contributed by atoms with E-state index in [0.29, 0.717) is 29.9 Å². The van der Waals surface area contributed by atoms with Gasteiger partial charge in [0.1, 0.15) is 11.7 Å². The molecule has 0 heterocycles. The second-order valence-corrected chi connectivity index (χ2v) is 5.95. The van der Waals surface area contributed by atoms with Crippen LogP contribution in [0.1, 0.15) is 38.7 Å². The number of guanidine groups is 1. The average molecular weight is 332 g/mol. The first kappa shape index (κ1) is 18.1. The van der Waals surface area contributed by atoms with Crippen LogP contribution in [0.15, 0.2) is 41.0 Å². The van der Waals surface area contributed by atoms with Crippen LogP contribution in [0.2, 0.25) is 0 Å². The van der Waals surface area contributed by atoms with Gasteiger partial charge in [0, 0.05) is 11.9 Å². The molecule has 1 aromatic rings. The number of aryl methyl sites for hydroxylation is 1. The van der Waals surface area contributed by atoms with Crippen molar-refractivity contribution < 1.29 is 9.50 Å². The highest BCUT2D eigenvalue weighted by Gasteiger charge is 2.22. The van der Waals surface area contributed by atoms with Gasteiger partial charge in [-0.1, -0.05) is 19.6 Å². The number of hydrogen-bond acceptors (Lipinski definition) is 2. The lowest BCUT2D eigenvalue weighted by Crippen LogP contribution is -2.25. The molecule has 0 amide bonds. The van der Waals surface area contributed by atoms with Gasteiger partial charge in [-0.25, -0.2) is 14.4 Å². The highest BCUT2D eigenvalue weighted by atomic mass is 19.1. The van der Waals surface area contributed by atoms with Crippen molar-refractivity contribution in [2.45, 2.75) is 51.7 Å². The smallest absolute Gasteiger partial charge is 0.217 e. The van der Waals surface area contributed by atoms with Crippen LogP contribution in [0.4, 0.5) is 10.1 Å². The topological polar surface area (TPSA) is 74.2 Å². The molecule has 2 atom stereocenters. The summed E-state index contributed by atoms with van der Waals surface area (Å²) in [6.45, 7) is 7.43. The third-order valence-corrected chi connectivity index (χ3v) is 4.20. The lowest BCUT2D eigenvalue weighted by molar-refractivity contribution is 0.181. The molecule has 1 aromatic carbocycles. The van der Waals surface area contributed by atoms with Gasteiger partial charge in [0.15, 0.2) is 0 Å². The number of anilines is 1. The summed E-state index contributed by atoms with van der Waals surface area (Å²) in [6.07, 6.45) is 4.06. The van der Waals surface area contributed by atoms with Crippen molar-refractivity contribution in [3.8, 4) is 0 Å². The van der Waals surface area contributed by atoms with Gasteiger partial charge < -0.3 is 15.7 Å². The van der Waals surface area contributed by atoms with Gasteiger partial charge in [-0.3, -0.25) is 0 Å². The molecule has 2 unspecified atom stereocenters. The average Bonchev–Trinajstić information content (AvgIpc) is 2.93. The molecule has 2 rings (SSSR count). The van der Waals surface area contributed by atoms with Gasteiger partial charge in [-0.2, -0.15) is 0 Å². The second-order valence-electron chi connectivity index (χ2n) is 5.95. The molecule has 3 N–H and O–H groups in total. The number of hydrogen-bond donors (Lipinski definition) is 2. The standard InChI is InChI=1S/C18H25FN4O/c1-4-13-6-8-15(11-17(13)19)23(5-2)12(3)21-18(20)22-14-7-9-16(24)10-14/h5-6,8,11,14,16,24H,2,4,7,9-10H2,1,3H3,(H2,20,22). The number of benzene rings is 1. The van der Waals surface area contributed by atoms with Crippen LogP contribution in [0, 0.1) is 5.82 Å². The van der Waals surface area contributed by atoms with Crippen LogP contribution in [0.5, 0.6) is 0 Å². The molecule has 6 heteroatoms. The van der Waals surface area contributed by atoms with Crippen LogP contribution >= 0.6 is 0 Å². The Morgan fingerprint density at radius 1 is 1.50 bits per heavy atom. The summed E-state index contributed by atoms with van der Waals surface area (Å²) < 4.78 is 14.0. The van der Waals surface area contributed by atoms with E-state index in [9.17, 15) is 9.50 Å². The lowest BCUT2D eigenvalue weighted by Gasteiger charge is -2.20. The van der Waals surface area contributed by atoms with E-state index in [0.717, 1.165) is 12.8 Å². The summed E-state index contributed by atoms with van der Waals surface area (Å²) in [5, 5.41) is 9.54. The number of rotatable bonds is 4. The first-order chi connectivity index (χ1) is 11.4. The fourth-order valence-electron chi connectivity index (χ4n) is 2.88. The summed E-state index contributed by atoms with van der Waals surface area (Å²) in [7, 11) is 0. The van der Waals surface area contributed by atoms with Gasteiger partial charge >= 0.3 is 0 Å². The normalized spacial score (nSPS) is 21.8. The van der Waals surface area contributed by atoms with E-state index >= 15 is 0 Å². The van der Waals surface area contributed by atoms with E-state index in [-0.39, 0.29) is 23.9 Å². The molecule has 24 heavy (non-hydrogen) atoms. The largest absolute Gasteiger partial charge is 0.393 e. The van der Waals surface area contributed by atoms with Crippen molar-refractivity contribution in [1.82, 2.24) is 0 Å². The molecule has 0 saturated heterocycles. The molecule has 0 spiro atoms. The number of nitrogens with zero attached hydrogens (tertiary/aromatic N) is 3. The third kappa shape index (κ3) is 4.41. The van der Waals surface area contributed by atoms with Crippen LogP contribution < -0.4 is 10.6 Å². The van der Waals surface area contributed by atoms with E-state index in [2.05, 4.69) is 16.6 Å². The van der Waals surface area contributed by atoms with E-state index in [1.165, 1.54) is 6.07 Å². The minimum Gasteiger partial charge on any atom is -0.393 e. The summed E-state index contributed by atoms with van der Waals surface area (Å²) >= 11 is 0. The van der Waals surface area contributed by atoms with E-state index in [1.54, 1.807) is 24.1 Å². The number of aliphatic imine (C=N–C) groups is 2. The maximum atomic E-state index is 14.0. The van der Waals surface area contributed by atoms with Crippen LogP contribution in [-0.2, 0) is 6.42 Å². The summed E-state index contributed by atoms with van der Waals surface area (Å²) in [4.78, 5) is 10.3. The Bertz CT molecular complexity index is 656. The SMILES string of the molecule is C=CN(C(C)=NC(N)=NC1CCC(O)C1)c1ccc(CC)c(F)c1. The van der Waals surface area contributed by atoms with Crippen molar-refractivity contribution in [1.29, 1.82) is 0 Å². The van der Waals surface area contributed by atoms with Crippen LogP contribution in [0.25, 0.3) is 0 Å². The Labute approximate surface area is 142 Å². The fraction of sp³-hybridized carbons (Fsp3) is 0.444. The van der Waals surface area contributed by atoms with Crippen LogP contribution in [-0.4, -0.2) is 29.0 Å². The Hall–Kier alpha value is -2.21. The molecule has 0 aliphatic heterocycles. The van der Waals surface area contributed by atoms with Crippen molar-refractivity contribution in [3.63, 3.8) is 0 Å². The van der Waals surface area contributed by atoms with E-state index < -0.39 is 0 Å². The van der Waals surface area contributed by atoms with Crippen LogP contribution in [0.3, 0.4) is 0 Å². The Balaban J connectivity index is 2.18. The zero-order valence-corrected chi connectivity index (χ0v) is 14.2. The van der Waals surface area contributed by atoms with E-state index in [1.807, 2.05) is 13.0 Å². The molecule has 1 aliphatic rings. The van der Waals surface area contributed by atoms with Gasteiger partial charge in [0.2, 0.25) is 5.96 Å². The zero-order valence-electron chi connectivity index (χ0n) is 14.2. The predicted octanol–water partition coefficient (Wildman–Crippen LogP) is 2.98. The minimum absolute atomic E-state index is 0.00927. The van der Waals surface area contributed by atoms with Crippen molar-refractivity contribution in [2.24, 2.45) is 15.7 Å². The number of nitrogens with two attached hydrogens (primary N) is 1. The lowest BCUT2D eigenvalue weighted by atomic mass is 10.1. The second kappa shape index (κ2) is 8.06. The van der Waals surface area contributed by atoms with Crippen molar-refractivity contribution in [3.05, 3.63) is 42.4 Å². The van der Waals surface area contributed by atoms with Crippen molar-refractivity contribution in [2.75, 3.05) is 4.90 Å². The zero-order chi connectivity index (χ0) is 17.7. The highest BCUT2D eigenvalue weighted by Crippen LogP contribution is 2.22. The maximum Gasteiger partial charge on any atom is 0.217 e. The highest BCUT2D eigenvalue weighted by molar-refractivity contribution is 6.04. The first-order valence-corrected chi connectivity index (χ1v) is 8.21. The quantitative estimate of drug-likeness (QED) is 0.657. The third-order valence-electron chi connectivity index (χ3n) is 4.20. The predicted molar refractivity (Wildman–Crippen MR) is 96.8 cm³/mol. The minimum atomic E-state index is -0.304. The fourth-order valence-corrected chi connectivity index (χ4v) is 2.88. The molecule has 0 radical (unpaired) electrons. The Morgan fingerprint density at radius 3 is 2.79 bits per heavy atom. The molecule has 1 saturated carbocycles. The Kier molecular flexibility index (Phi) is 6.09. The summed E-state index contributed by atoms with van der Waals surface area (Å²) in [6, 6.07) is 5.05. The van der Waals surface area contributed by atoms with Gasteiger partial charge in [-0.05, 0) is 50.3 Å². The van der Waals surface area contributed by atoms with Crippen molar-refractivity contribution >= 4 is 17.5 Å². The molecule has 1 fully saturated rings. The first-order valence-electron chi connectivity index (χ1n) is 8.21.